The second-order valence-electron chi connectivity index (χ2n) is 5.88. The highest BCUT2D eigenvalue weighted by Crippen LogP contribution is 2.35. The quantitative estimate of drug-likeness (QED) is 0.697. The molecule has 1 aromatic rings. The molecule has 0 bridgehead atoms. The molecule has 148 valence electrons. The zero-order chi connectivity index (χ0) is 20.1. The molecule has 1 saturated heterocycles. The van der Waals surface area contributed by atoms with Crippen LogP contribution in [0.3, 0.4) is 0 Å². The highest BCUT2D eigenvalue weighted by atomic mass is 32.2. The molecule has 2 rings (SSSR count). The van der Waals surface area contributed by atoms with Crippen molar-refractivity contribution in [3.05, 3.63) is 16.0 Å². The number of nitrogens with one attached hydrogen (secondary N) is 1. The Bertz CT molecular complexity index is 773. The molecule has 0 aliphatic carbocycles. The second-order valence-corrected chi connectivity index (χ2v) is 8.28. The van der Waals surface area contributed by atoms with Gasteiger partial charge in [0, 0.05) is 24.4 Å². The molecular weight excluding hydrogens is 386 g/mol. The van der Waals surface area contributed by atoms with Crippen molar-refractivity contribution < 1.29 is 19.1 Å². The minimum Gasteiger partial charge on any atom is -0.465 e. The topological polar surface area (TPSA) is 88.1 Å². The number of nitrogens with zero attached hydrogens (tertiary/aromatic N) is 2. The third-order valence-electron chi connectivity index (χ3n) is 4.21. The predicted octanol–water partition coefficient (Wildman–Crippen LogP) is 3.07. The van der Waals surface area contributed by atoms with E-state index in [1.165, 1.54) is 30.2 Å². The summed E-state index contributed by atoms with van der Waals surface area (Å²) in [6, 6.07) is 0. The van der Waals surface area contributed by atoms with Gasteiger partial charge in [0.25, 0.3) is 0 Å². The molecular formula is C18H25N3O4S2. The molecule has 0 spiro atoms. The lowest BCUT2D eigenvalue weighted by Crippen LogP contribution is -2.33. The standard InChI is InChI=1S/C18H25N3O4S2/c1-6-11-10(4)26-15(14(11)17(24)25-5)20-13(22)9-12-16(23)21(8-3)18(27-12)19-7-2/h12H,6-9H2,1-5H3,(H,20,22). The molecule has 0 saturated carbocycles. The van der Waals surface area contributed by atoms with Crippen molar-refractivity contribution >= 4 is 51.1 Å². The van der Waals surface area contributed by atoms with Crippen LogP contribution in [0.4, 0.5) is 5.00 Å². The summed E-state index contributed by atoms with van der Waals surface area (Å²) in [5, 5.41) is 3.45. The normalized spacial score (nSPS) is 18.3. The summed E-state index contributed by atoms with van der Waals surface area (Å²) >= 11 is 2.67. The Kier molecular flexibility index (Phi) is 7.43. The van der Waals surface area contributed by atoms with Gasteiger partial charge in [0.05, 0.1) is 12.7 Å². The van der Waals surface area contributed by atoms with Gasteiger partial charge in [-0.15, -0.1) is 11.3 Å². The van der Waals surface area contributed by atoms with Gasteiger partial charge in [-0.05, 0) is 32.8 Å². The zero-order valence-electron chi connectivity index (χ0n) is 16.2. The number of carbonyl (C=O) groups excluding carboxylic acids is 3. The SMILES string of the molecule is CCN=C1SC(CC(=O)Nc2sc(C)c(CC)c2C(=O)OC)C(=O)N1CC. The maximum Gasteiger partial charge on any atom is 0.341 e. The fourth-order valence-corrected chi connectivity index (χ4v) is 5.36. The molecule has 1 aromatic heterocycles. The Balaban J connectivity index is 2.16. The lowest BCUT2D eigenvalue weighted by molar-refractivity contribution is -0.128. The van der Waals surface area contributed by atoms with Gasteiger partial charge in [0.15, 0.2) is 5.17 Å². The van der Waals surface area contributed by atoms with Crippen molar-refractivity contribution in [2.45, 2.75) is 45.8 Å². The summed E-state index contributed by atoms with van der Waals surface area (Å²) in [5.41, 5.74) is 1.28. The molecule has 1 aliphatic rings. The molecule has 0 aromatic carbocycles. The Morgan fingerprint density at radius 2 is 2.00 bits per heavy atom. The molecule has 2 amide bonds. The molecule has 7 nitrogen and oxygen atoms in total. The van der Waals surface area contributed by atoms with Crippen LogP contribution in [0, 0.1) is 6.92 Å². The first-order chi connectivity index (χ1) is 12.9. The summed E-state index contributed by atoms with van der Waals surface area (Å²) in [7, 11) is 1.32. The van der Waals surface area contributed by atoms with E-state index in [1.807, 2.05) is 27.7 Å². The molecule has 1 N–H and O–H groups in total. The summed E-state index contributed by atoms with van der Waals surface area (Å²) in [6.45, 7) is 8.77. The van der Waals surface area contributed by atoms with Crippen molar-refractivity contribution in [1.29, 1.82) is 0 Å². The number of amides is 2. The van der Waals surface area contributed by atoms with E-state index in [9.17, 15) is 14.4 Å². The van der Waals surface area contributed by atoms with Crippen molar-refractivity contribution in [3.8, 4) is 0 Å². The number of anilines is 1. The first-order valence-electron chi connectivity index (χ1n) is 8.90. The van der Waals surface area contributed by atoms with Gasteiger partial charge in [0.1, 0.15) is 10.3 Å². The van der Waals surface area contributed by atoms with Crippen LogP contribution in [0.25, 0.3) is 0 Å². The molecule has 27 heavy (non-hydrogen) atoms. The molecule has 1 fully saturated rings. The summed E-state index contributed by atoms with van der Waals surface area (Å²) in [4.78, 5) is 44.1. The van der Waals surface area contributed by atoms with Crippen molar-refractivity contribution in [2.24, 2.45) is 4.99 Å². The van der Waals surface area contributed by atoms with Gasteiger partial charge in [-0.3, -0.25) is 19.5 Å². The van der Waals surface area contributed by atoms with Gasteiger partial charge in [-0.2, -0.15) is 0 Å². The average molecular weight is 412 g/mol. The van der Waals surface area contributed by atoms with Gasteiger partial charge in [-0.1, -0.05) is 18.7 Å². The number of hydrogen-bond donors (Lipinski definition) is 1. The number of carbonyl (C=O) groups is 3. The van der Waals surface area contributed by atoms with Crippen molar-refractivity contribution in [2.75, 3.05) is 25.5 Å². The maximum absolute atomic E-state index is 12.6. The van der Waals surface area contributed by atoms with E-state index < -0.39 is 11.2 Å². The fraction of sp³-hybridized carbons (Fsp3) is 0.556. The number of rotatable bonds is 7. The number of methoxy groups -OCH3 is 1. The highest BCUT2D eigenvalue weighted by Gasteiger charge is 2.38. The molecule has 9 heteroatoms. The maximum atomic E-state index is 12.6. The van der Waals surface area contributed by atoms with Crippen molar-refractivity contribution in [1.82, 2.24) is 4.90 Å². The Morgan fingerprint density at radius 3 is 2.56 bits per heavy atom. The number of amidine groups is 1. The molecule has 1 aliphatic heterocycles. The van der Waals surface area contributed by atoms with Gasteiger partial charge in [-0.25, -0.2) is 4.79 Å². The van der Waals surface area contributed by atoms with Crippen LogP contribution in [0.1, 0.15) is 48.0 Å². The summed E-state index contributed by atoms with van der Waals surface area (Å²) in [5.74, 6) is -0.870. The Hall–Kier alpha value is -1.87. The van der Waals surface area contributed by atoms with E-state index in [2.05, 4.69) is 10.3 Å². The van der Waals surface area contributed by atoms with Crippen LogP contribution >= 0.6 is 23.1 Å². The van der Waals surface area contributed by atoms with E-state index in [1.54, 1.807) is 4.90 Å². The van der Waals surface area contributed by atoms with E-state index >= 15 is 0 Å². The van der Waals surface area contributed by atoms with Crippen LogP contribution in [-0.2, 0) is 20.7 Å². The minimum absolute atomic E-state index is 0.0295. The van der Waals surface area contributed by atoms with Gasteiger partial charge >= 0.3 is 5.97 Å². The largest absolute Gasteiger partial charge is 0.465 e. The average Bonchev–Trinajstić information content (AvgIpc) is 3.10. The smallest absolute Gasteiger partial charge is 0.341 e. The van der Waals surface area contributed by atoms with E-state index in [0.29, 0.717) is 35.2 Å². The third-order valence-corrected chi connectivity index (χ3v) is 6.48. The molecule has 1 unspecified atom stereocenters. The van der Waals surface area contributed by atoms with Crippen LogP contribution in [0.5, 0.6) is 0 Å². The monoisotopic (exact) mass is 411 g/mol. The van der Waals surface area contributed by atoms with Crippen LogP contribution in [0.15, 0.2) is 4.99 Å². The Labute approximate surface area is 167 Å². The number of aryl methyl sites for hydroxylation is 1. The summed E-state index contributed by atoms with van der Waals surface area (Å²) in [6.07, 6.45) is 0.698. The van der Waals surface area contributed by atoms with E-state index in [0.717, 1.165) is 10.4 Å². The second kappa shape index (κ2) is 9.36. The molecule has 0 radical (unpaired) electrons. The number of esters is 1. The van der Waals surface area contributed by atoms with Crippen molar-refractivity contribution in [3.63, 3.8) is 0 Å². The van der Waals surface area contributed by atoms with Gasteiger partial charge in [0.2, 0.25) is 11.8 Å². The van der Waals surface area contributed by atoms with Gasteiger partial charge < -0.3 is 10.1 Å². The zero-order valence-corrected chi connectivity index (χ0v) is 17.9. The molecule has 2 heterocycles. The summed E-state index contributed by atoms with van der Waals surface area (Å²) < 4.78 is 4.87. The van der Waals surface area contributed by atoms with Crippen LogP contribution < -0.4 is 5.32 Å². The highest BCUT2D eigenvalue weighted by molar-refractivity contribution is 8.15. The molecule has 1 atom stereocenters. The Morgan fingerprint density at radius 1 is 1.30 bits per heavy atom. The van der Waals surface area contributed by atoms with E-state index in [-0.39, 0.29) is 18.2 Å². The first kappa shape index (κ1) is 21.4. The number of hydrogen-bond acceptors (Lipinski definition) is 7. The van der Waals surface area contributed by atoms with Crippen LogP contribution in [0.2, 0.25) is 0 Å². The van der Waals surface area contributed by atoms with Crippen LogP contribution in [-0.4, -0.2) is 53.3 Å². The number of ether oxygens (including phenoxy) is 1. The third kappa shape index (κ3) is 4.52. The number of thiophene rings is 1. The first-order valence-corrected chi connectivity index (χ1v) is 10.6. The minimum atomic E-state index is -0.497. The lowest BCUT2D eigenvalue weighted by atomic mass is 10.1. The number of thioether (sulfide) groups is 1. The fourth-order valence-electron chi connectivity index (χ4n) is 2.94. The van der Waals surface area contributed by atoms with E-state index in [4.69, 9.17) is 4.74 Å². The number of aliphatic imine (C=N–C) groups is 1. The lowest BCUT2D eigenvalue weighted by Gasteiger charge is -2.13. The predicted molar refractivity (Wildman–Crippen MR) is 110 cm³/mol.